The van der Waals surface area contributed by atoms with Crippen LogP contribution in [-0.4, -0.2) is 44.1 Å². The van der Waals surface area contributed by atoms with Crippen LogP contribution in [0.5, 0.6) is 0 Å². The summed E-state index contributed by atoms with van der Waals surface area (Å²) in [6, 6.07) is 8.37. The second kappa shape index (κ2) is 9.56. The van der Waals surface area contributed by atoms with Gasteiger partial charge in [0.05, 0.1) is 29.0 Å². The maximum Gasteiger partial charge on any atom is 0.338 e. The summed E-state index contributed by atoms with van der Waals surface area (Å²) in [5.74, 6) is -1.14. The van der Waals surface area contributed by atoms with Crippen LogP contribution in [0.25, 0.3) is 0 Å². The van der Waals surface area contributed by atoms with Crippen molar-refractivity contribution in [2.24, 2.45) is 0 Å². The fourth-order valence-electron chi connectivity index (χ4n) is 2.93. The summed E-state index contributed by atoms with van der Waals surface area (Å²) < 4.78 is 30.5. The van der Waals surface area contributed by atoms with Crippen LogP contribution in [0.3, 0.4) is 0 Å². The molecule has 11 heteroatoms. The number of non-ortho nitro benzene ring substituents is 1. The Hall–Kier alpha value is -3.47. The topological polar surface area (TPSA) is 136 Å². The molecule has 0 unspecified atom stereocenters. The second-order valence-electron chi connectivity index (χ2n) is 6.75. The molecule has 2 rings (SSSR count). The van der Waals surface area contributed by atoms with Crippen molar-refractivity contribution in [1.82, 2.24) is 0 Å². The maximum atomic E-state index is 12.8. The van der Waals surface area contributed by atoms with Gasteiger partial charge in [0.1, 0.15) is 6.04 Å². The smallest absolute Gasteiger partial charge is 0.338 e. The predicted molar refractivity (Wildman–Crippen MR) is 116 cm³/mol. The lowest BCUT2D eigenvalue weighted by molar-refractivity contribution is -0.384. The Kier molecular flexibility index (Phi) is 7.34. The first-order valence-electron chi connectivity index (χ1n) is 9.28. The number of anilines is 2. The van der Waals surface area contributed by atoms with Gasteiger partial charge in [-0.15, -0.1) is 0 Å². The average molecular weight is 449 g/mol. The number of amides is 1. The van der Waals surface area contributed by atoms with Crippen LogP contribution in [0.4, 0.5) is 17.1 Å². The van der Waals surface area contributed by atoms with Gasteiger partial charge >= 0.3 is 5.97 Å². The van der Waals surface area contributed by atoms with Crippen LogP contribution in [0.1, 0.15) is 29.8 Å². The first-order chi connectivity index (χ1) is 14.5. The number of carbonyl (C=O) groups is 2. The Bertz CT molecular complexity index is 1120. The van der Waals surface area contributed by atoms with Crippen LogP contribution in [0.2, 0.25) is 0 Å². The summed E-state index contributed by atoms with van der Waals surface area (Å²) in [6.45, 7) is 4.97. The van der Waals surface area contributed by atoms with Gasteiger partial charge in [0, 0.05) is 17.8 Å². The molecule has 0 heterocycles. The molecule has 10 nitrogen and oxygen atoms in total. The number of aryl methyl sites for hydroxylation is 1. The number of ether oxygens (including phenoxy) is 1. The molecule has 0 aliphatic rings. The van der Waals surface area contributed by atoms with Crippen molar-refractivity contribution in [1.29, 1.82) is 0 Å². The zero-order valence-corrected chi connectivity index (χ0v) is 18.3. The van der Waals surface area contributed by atoms with E-state index in [0.29, 0.717) is 16.8 Å². The second-order valence-corrected chi connectivity index (χ2v) is 8.61. The standard InChI is InChI=1S/C20H23N3O7S/c1-5-30-20(25)15-9-10-18(13(2)11-15)21-19(24)14(3)22(31(4,28)29)16-7-6-8-17(12-16)23(26)27/h6-12,14H,5H2,1-4H3,(H,21,24)/t14-/m1/s1. The first-order valence-corrected chi connectivity index (χ1v) is 11.1. The minimum Gasteiger partial charge on any atom is -0.462 e. The molecule has 166 valence electrons. The molecule has 0 radical (unpaired) electrons. The minimum absolute atomic E-state index is 0.00580. The van der Waals surface area contributed by atoms with E-state index in [-0.39, 0.29) is 18.0 Å². The monoisotopic (exact) mass is 449 g/mol. The average Bonchev–Trinajstić information content (AvgIpc) is 2.68. The highest BCUT2D eigenvalue weighted by Crippen LogP contribution is 2.26. The number of nitrogens with one attached hydrogen (secondary N) is 1. The van der Waals surface area contributed by atoms with Crippen LogP contribution < -0.4 is 9.62 Å². The number of carbonyl (C=O) groups excluding carboxylic acids is 2. The molecule has 0 aromatic heterocycles. The number of nitrogens with zero attached hydrogens (tertiary/aromatic N) is 2. The van der Waals surface area contributed by atoms with Gasteiger partial charge in [-0.25, -0.2) is 13.2 Å². The number of benzene rings is 2. The molecule has 0 saturated heterocycles. The molecule has 2 aromatic rings. The van der Waals surface area contributed by atoms with E-state index in [1.54, 1.807) is 19.9 Å². The highest BCUT2D eigenvalue weighted by molar-refractivity contribution is 7.92. The molecular formula is C20H23N3O7S. The van der Waals surface area contributed by atoms with Gasteiger partial charge < -0.3 is 10.1 Å². The Morgan fingerprint density at radius 1 is 1.23 bits per heavy atom. The van der Waals surface area contributed by atoms with E-state index in [1.165, 1.54) is 37.3 Å². The quantitative estimate of drug-likeness (QED) is 0.372. The third-order valence-electron chi connectivity index (χ3n) is 4.38. The summed E-state index contributed by atoms with van der Waals surface area (Å²) in [6.07, 6.45) is 0.912. The van der Waals surface area contributed by atoms with Gasteiger partial charge in [0.25, 0.3) is 5.69 Å². The number of rotatable bonds is 8. The van der Waals surface area contributed by atoms with Gasteiger partial charge in [-0.2, -0.15) is 0 Å². The molecule has 0 aliphatic heterocycles. The van der Waals surface area contributed by atoms with Crippen molar-refractivity contribution in [3.63, 3.8) is 0 Å². The number of nitro groups is 1. The van der Waals surface area contributed by atoms with Crippen molar-refractivity contribution in [2.45, 2.75) is 26.8 Å². The third kappa shape index (κ3) is 5.79. The van der Waals surface area contributed by atoms with Crippen molar-refractivity contribution in [3.8, 4) is 0 Å². The molecule has 1 N–H and O–H groups in total. The lowest BCUT2D eigenvalue weighted by Gasteiger charge is -2.28. The van der Waals surface area contributed by atoms with E-state index in [2.05, 4.69) is 5.32 Å². The molecule has 31 heavy (non-hydrogen) atoms. The largest absolute Gasteiger partial charge is 0.462 e. The fourth-order valence-corrected chi connectivity index (χ4v) is 4.10. The van der Waals surface area contributed by atoms with E-state index < -0.39 is 32.9 Å². The number of sulfonamides is 1. The summed E-state index contributed by atoms with van der Waals surface area (Å²) >= 11 is 0. The number of esters is 1. The van der Waals surface area contributed by atoms with Crippen molar-refractivity contribution in [2.75, 3.05) is 22.5 Å². The van der Waals surface area contributed by atoms with E-state index in [0.717, 1.165) is 16.6 Å². The molecular weight excluding hydrogens is 426 g/mol. The SMILES string of the molecule is CCOC(=O)c1ccc(NC(=O)[C@@H](C)N(c2cccc([N+](=O)[O-])c2)S(C)(=O)=O)c(C)c1. The lowest BCUT2D eigenvalue weighted by atomic mass is 10.1. The van der Waals surface area contributed by atoms with E-state index in [9.17, 15) is 28.1 Å². The van der Waals surface area contributed by atoms with E-state index in [1.807, 2.05) is 0 Å². The predicted octanol–water partition coefficient (Wildman–Crippen LogP) is 2.87. The summed E-state index contributed by atoms with van der Waals surface area (Å²) in [5, 5.41) is 13.7. The fraction of sp³-hybridized carbons (Fsp3) is 0.300. The zero-order chi connectivity index (χ0) is 23.3. The zero-order valence-electron chi connectivity index (χ0n) is 17.5. The summed E-state index contributed by atoms with van der Waals surface area (Å²) in [7, 11) is -3.94. The van der Waals surface area contributed by atoms with Crippen molar-refractivity contribution >= 4 is 39.0 Å². The molecule has 1 amide bonds. The number of nitro benzene ring substituents is 1. The molecule has 2 aromatic carbocycles. The van der Waals surface area contributed by atoms with Gasteiger partial charge in [0.2, 0.25) is 15.9 Å². The summed E-state index contributed by atoms with van der Waals surface area (Å²) in [5.41, 5.74) is 0.974. The van der Waals surface area contributed by atoms with E-state index in [4.69, 9.17) is 4.74 Å². The molecule has 0 spiro atoms. The Balaban J connectivity index is 2.32. The van der Waals surface area contributed by atoms with Crippen LogP contribution in [-0.2, 0) is 19.6 Å². The Morgan fingerprint density at radius 2 is 1.90 bits per heavy atom. The highest BCUT2D eigenvalue weighted by atomic mass is 32.2. The number of hydrogen-bond acceptors (Lipinski definition) is 7. The molecule has 1 atom stereocenters. The maximum absolute atomic E-state index is 12.8. The Morgan fingerprint density at radius 3 is 2.45 bits per heavy atom. The van der Waals surface area contributed by atoms with Gasteiger partial charge in [-0.05, 0) is 50.6 Å². The van der Waals surface area contributed by atoms with Crippen LogP contribution in [0.15, 0.2) is 42.5 Å². The molecule has 0 fully saturated rings. The van der Waals surface area contributed by atoms with Crippen LogP contribution >= 0.6 is 0 Å². The lowest BCUT2D eigenvalue weighted by Crippen LogP contribution is -2.45. The molecule has 0 saturated carbocycles. The van der Waals surface area contributed by atoms with Gasteiger partial charge in [-0.1, -0.05) is 6.07 Å². The highest BCUT2D eigenvalue weighted by Gasteiger charge is 2.30. The Labute approximate surface area is 180 Å². The van der Waals surface area contributed by atoms with Crippen molar-refractivity contribution in [3.05, 3.63) is 63.7 Å². The number of hydrogen-bond donors (Lipinski definition) is 1. The van der Waals surface area contributed by atoms with Gasteiger partial charge in [-0.3, -0.25) is 19.2 Å². The van der Waals surface area contributed by atoms with Gasteiger partial charge in [0.15, 0.2) is 0 Å². The third-order valence-corrected chi connectivity index (χ3v) is 5.62. The van der Waals surface area contributed by atoms with Crippen LogP contribution in [0, 0.1) is 17.0 Å². The molecule has 0 aliphatic carbocycles. The summed E-state index contributed by atoms with van der Waals surface area (Å²) in [4.78, 5) is 35.1. The normalized spacial score (nSPS) is 12.0. The van der Waals surface area contributed by atoms with E-state index >= 15 is 0 Å². The molecule has 0 bridgehead atoms. The van der Waals surface area contributed by atoms with Crippen molar-refractivity contribution < 1.29 is 27.7 Å². The first kappa shape index (κ1) is 23.8. The minimum atomic E-state index is -3.94.